The molecule has 0 aliphatic carbocycles. The SMILES string of the molecule is CCC[NH+](CC(=O)Nc1ccccc1SCC#N)Cc1nnc(-c2ccco2)o1. The van der Waals surface area contributed by atoms with Crippen molar-refractivity contribution in [1.29, 1.82) is 5.26 Å². The molecular weight excluding hydrogens is 390 g/mol. The molecule has 0 saturated heterocycles. The van der Waals surface area contributed by atoms with Crippen molar-refractivity contribution < 1.29 is 18.5 Å². The van der Waals surface area contributed by atoms with Gasteiger partial charge in [-0.2, -0.15) is 5.26 Å². The van der Waals surface area contributed by atoms with Crippen molar-refractivity contribution in [3.05, 3.63) is 48.6 Å². The van der Waals surface area contributed by atoms with Crippen LogP contribution in [0.3, 0.4) is 0 Å². The summed E-state index contributed by atoms with van der Waals surface area (Å²) >= 11 is 1.40. The van der Waals surface area contributed by atoms with E-state index in [1.807, 2.05) is 24.3 Å². The van der Waals surface area contributed by atoms with Crippen LogP contribution in [0, 0.1) is 11.3 Å². The van der Waals surface area contributed by atoms with E-state index in [1.165, 1.54) is 11.8 Å². The molecule has 0 saturated carbocycles. The third-order valence-corrected chi connectivity index (χ3v) is 5.01. The number of furan rings is 1. The number of quaternary nitrogens is 1. The van der Waals surface area contributed by atoms with E-state index in [4.69, 9.17) is 14.1 Å². The zero-order valence-electron chi connectivity index (χ0n) is 16.1. The summed E-state index contributed by atoms with van der Waals surface area (Å²) in [6.45, 7) is 3.56. The maximum absolute atomic E-state index is 12.6. The highest BCUT2D eigenvalue weighted by atomic mass is 32.2. The molecule has 1 aromatic carbocycles. The predicted molar refractivity (Wildman–Crippen MR) is 108 cm³/mol. The van der Waals surface area contributed by atoms with Gasteiger partial charge >= 0.3 is 0 Å². The Hall–Kier alpha value is -3.09. The Labute approximate surface area is 172 Å². The summed E-state index contributed by atoms with van der Waals surface area (Å²) in [6.07, 6.45) is 2.46. The van der Waals surface area contributed by atoms with Crippen LogP contribution >= 0.6 is 11.8 Å². The molecule has 0 spiro atoms. The lowest BCUT2D eigenvalue weighted by molar-refractivity contribution is -0.907. The van der Waals surface area contributed by atoms with Crippen molar-refractivity contribution in [1.82, 2.24) is 10.2 Å². The number of amides is 1. The van der Waals surface area contributed by atoms with E-state index in [1.54, 1.807) is 18.4 Å². The number of anilines is 1. The number of rotatable bonds is 10. The fraction of sp³-hybridized carbons (Fsp3) is 0.300. The fourth-order valence-corrected chi connectivity index (χ4v) is 3.53. The van der Waals surface area contributed by atoms with Gasteiger partial charge in [-0.25, -0.2) is 0 Å². The lowest BCUT2D eigenvalue weighted by Crippen LogP contribution is -3.11. The van der Waals surface area contributed by atoms with Gasteiger partial charge in [-0.1, -0.05) is 19.1 Å². The Kier molecular flexibility index (Phi) is 7.44. The molecule has 0 aliphatic heterocycles. The predicted octanol–water partition coefficient (Wildman–Crippen LogP) is 2.38. The number of hydrogen-bond acceptors (Lipinski definition) is 7. The highest BCUT2D eigenvalue weighted by Crippen LogP contribution is 2.26. The molecule has 0 radical (unpaired) electrons. The third kappa shape index (κ3) is 5.94. The first kappa shape index (κ1) is 20.6. The molecular formula is C20H22N5O3S+. The van der Waals surface area contributed by atoms with E-state index in [-0.39, 0.29) is 12.5 Å². The van der Waals surface area contributed by atoms with Crippen LogP contribution in [0.1, 0.15) is 19.2 Å². The first-order valence-electron chi connectivity index (χ1n) is 9.28. The summed E-state index contributed by atoms with van der Waals surface area (Å²) in [5.41, 5.74) is 0.714. The molecule has 1 atom stereocenters. The lowest BCUT2D eigenvalue weighted by atomic mass is 10.3. The number of para-hydroxylation sites is 1. The summed E-state index contributed by atoms with van der Waals surface area (Å²) in [5, 5.41) is 19.8. The molecule has 0 bridgehead atoms. The van der Waals surface area contributed by atoms with Gasteiger partial charge in [-0.3, -0.25) is 4.79 Å². The summed E-state index contributed by atoms with van der Waals surface area (Å²) < 4.78 is 10.9. The minimum atomic E-state index is -0.107. The van der Waals surface area contributed by atoms with Crippen LogP contribution in [-0.4, -0.2) is 34.9 Å². The zero-order valence-corrected chi connectivity index (χ0v) is 16.9. The number of carbonyl (C=O) groups is 1. The van der Waals surface area contributed by atoms with E-state index in [0.717, 1.165) is 22.8 Å². The number of aromatic nitrogens is 2. The second kappa shape index (κ2) is 10.5. The summed E-state index contributed by atoms with van der Waals surface area (Å²) in [5.74, 6) is 1.52. The molecule has 1 unspecified atom stereocenters. The van der Waals surface area contributed by atoms with Crippen LogP contribution in [0.5, 0.6) is 0 Å². The lowest BCUT2D eigenvalue weighted by Gasteiger charge is -2.17. The van der Waals surface area contributed by atoms with Gasteiger partial charge in [0.1, 0.15) is 0 Å². The summed E-state index contributed by atoms with van der Waals surface area (Å²) in [6, 6.07) is 13.1. The quantitative estimate of drug-likeness (QED) is 0.492. The molecule has 3 rings (SSSR count). The summed E-state index contributed by atoms with van der Waals surface area (Å²) in [7, 11) is 0. The molecule has 150 valence electrons. The molecule has 9 heteroatoms. The number of nitrogens with one attached hydrogen (secondary N) is 2. The highest BCUT2D eigenvalue weighted by Gasteiger charge is 2.20. The number of nitriles is 1. The normalized spacial score (nSPS) is 11.7. The standard InChI is InChI=1S/C20H21N5O3S/c1-2-10-25(14-19-23-24-20(28-19)16-7-5-11-27-16)13-18(26)22-15-6-3-4-8-17(15)29-12-9-21/h3-8,11H,2,10,12-14H2,1H3,(H,22,26)/p+1. The molecule has 2 aromatic heterocycles. The van der Waals surface area contributed by atoms with E-state index in [9.17, 15) is 4.79 Å². The second-order valence-electron chi connectivity index (χ2n) is 6.32. The minimum Gasteiger partial charge on any atom is -0.459 e. The number of nitrogens with zero attached hydrogens (tertiary/aromatic N) is 3. The van der Waals surface area contributed by atoms with E-state index >= 15 is 0 Å². The van der Waals surface area contributed by atoms with Crippen LogP contribution < -0.4 is 10.2 Å². The van der Waals surface area contributed by atoms with Crippen LogP contribution in [0.25, 0.3) is 11.7 Å². The average Bonchev–Trinajstić information content (AvgIpc) is 3.39. The van der Waals surface area contributed by atoms with Crippen molar-refractivity contribution in [2.75, 3.05) is 24.2 Å². The Morgan fingerprint density at radius 1 is 1.28 bits per heavy atom. The van der Waals surface area contributed by atoms with Crippen LogP contribution in [0.15, 0.2) is 56.4 Å². The van der Waals surface area contributed by atoms with Gasteiger partial charge in [0.25, 0.3) is 17.7 Å². The number of thioether (sulfide) groups is 1. The Balaban J connectivity index is 1.62. The van der Waals surface area contributed by atoms with Gasteiger partial charge < -0.3 is 19.1 Å². The Morgan fingerprint density at radius 3 is 2.90 bits per heavy atom. The fourth-order valence-electron chi connectivity index (χ4n) is 2.86. The van der Waals surface area contributed by atoms with Gasteiger partial charge in [0.2, 0.25) is 0 Å². The second-order valence-corrected chi connectivity index (χ2v) is 7.34. The topological polar surface area (TPSA) is 109 Å². The van der Waals surface area contributed by atoms with E-state index in [0.29, 0.717) is 35.5 Å². The molecule has 3 aromatic rings. The first-order valence-corrected chi connectivity index (χ1v) is 10.3. The maximum atomic E-state index is 12.6. The minimum absolute atomic E-state index is 0.107. The van der Waals surface area contributed by atoms with Gasteiger partial charge in [0.05, 0.1) is 30.3 Å². The van der Waals surface area contributed by atoms with Crippen LogP contribution in [0.2, 0.25) is 0 Å². The molecule has 29 heavy (non-hydrogen) atoms. The Morgan fingerprint density at radius 2 is 2.14 bits per heavy atom. The number of carbonyl (C=O) groups excluding carboxylic acids is 1. The maximum Gasteiger partial charge on any atom is 0.283 e. The molecule has 1 amide bonds. The Bertz CT molecular complexity index is 965. The monoisotopic (exact) mass is 412 g/mol. The van der Waals surface area contributed by atoms with Gasteiger partial charge in [-0.15, -0.1) is 22.0 Å². The van der Waals surface area contributed by atoms with Crippen LogP contribution in [0.4, 0.5) is 5.69 Å². The van der Waals surface area contributed by atoms with Crippen molar-refractivity contribution in [3.63, 3.8) is 0 Å². The number of hydrogen-bond donors (Lipinski definition) is 2. The molecule has 2 heterocycles. The third-order valence-electron chi connectivity index (χ3n) is 4.07. The number of benzene rings is 1. The smallest absolute Gasteiger partial charge is 0.283 e. The largest absolute Gasteiger partial charge is 0.459 e. The zero-order chi connectivity index (χ0) is 20.5. The van der Waals surface area contributed by atoms with Gasteiger partial charge in [0, 0.05) is 4.90 Å². The molecule has 0 aliphatic rings. The molecule has 8 nitrogen and oxygen atoms in total. The van der Waals surface area contributed by atoms with Crippen molar-refractivity contribution in [2.24, 2.45) is 0 Å². The van der Waals surface area contributed by atoms with Crippen molar-refractivity contribution in [3.8, 4) is 17.7 Å². The van der Waals surface area contributed by atoms with Gasteiger partial charge in [0.15, 0.2) is 18.8 Å². The molecule has 2 N–H and O–H groups in total. The van der Waals surface area contributed by atoms with Gasteiger partial charge in [-0.05, 0) is 30.7 Å². The highest BCUT2D eigenvalue weighted by molar-refractivity contribution is 7.99. The molecule has 0 fully saturated rings. The van der Waals surface area contributed by atoms with E-state index in [2.05, 4.69) is 28.5 Å². The summed E-state index contributed by atoms with van der Waals surface area (Å²) in [4.78, 5) is 14.5. The first-order chi connectivity index (χ1) is 14.2. The average molecular weight is 412 g/mol. The van der Waals surface area contributed by atoms with Crippen molar-refractivity contribution in [2.45, 2.75) is 24.8 Å². The van der Waals surface area contributed by atoms with Crippen LogP contribution in [-0.2, 0) is 11.3 Å². The van der Waals surface area contributed by atoms with E-state index < -0.39 is 0 Å². The van der Waals surface area contributed by atoms with Crippen molar-refractivity contribution >= 4 is 23.4 Å².